The van der Waals surface area contributed by atoms with Crippen LogP contribution in [0.5, 0.6) is 0 Å². The van der Waals surface area contributed by atoms with Crippen molar-refractivity contribution in [2.75, 3.05) is 13.1 Å². The van der Waals surface area contributed by atoms with E-state index in [1.165, 1.54) is 0 Å². The van der Waals surface area contributed by atoms with Gasteiger partial charge in [-0.25, -0.2) is 0 Å². The number of aryl methyl sites for hydroxylation is 1. The third kappa shape index (κ3) is 2.64. The van der Waals surface area contributed by atoms with Crippen LogP contribution in [0.15, 0.2) is 18.3 Å². The molecule has 2 rings (SSSR count). The fourth-order valence-corrected chi connectivity index (χ4v) is 2.21. The van der Waals surface area contributed by atoms with Crippen molar-refractivity contribution in [1.29, 1.82) is 0 Å². The molecule has 2 N–H and O–H groups in total. The van der Waals surface area contributed by atoms with Crippen molar-refractivity contribution >= 4 is 5.91 Å². The van der Waals surface area contributed by atoms with Gasteiger partial charge in [0.05, 0.1) is 0 Å². The zero-order valence-corrected chi connectivity index (χ0v) is 10.4. The summed E-state index contributed by atoms with van der Waals surface area (Å²) in [6.07, 6.45) is 2.57. The van der Waals surface area contributed by atoms with Crippen LogP contribution in [0.2, 0.25) is 0 Å². The van der Waals surface area contributed by atoms with Crippen LogP contribution in [0.1, 0.15) is 29.4 Å². The van der Waals surface area contributed by atoms with E-state index in [0.29, 0.717) is 5.92 Å². The van der Waals surface area contributed by atoms with Gasteiger partial charge in [-0.15, -0.1) is 0 Å². The monoisotopic (exact) mass is 233 g/mol. The van der Waals surface area contributed by atoms with Crippen LogP contribution in [0, 0.1) is 12.8 Å². The predicted octanol–water partition coefficient (Wildman–Crippen LogP) is 1.20. The Morgan fingerprint density at radius 2 is 2.35 bits per heavy atom. The molecule has 4 nitrogen and oxygen atoms in total. The molecule has 1 fully saturated rings. The van der Waals surface area contributed by atoms with Gasteiger partial charge in [0.1, 0.15) is 0 Å². The molecule has 2 atom stereocenters. The number of hydrogen-bond donors (Lipinski definition) is 1. The van der Waals surface area contributed by atoms with Crippen molar-refractivity contribution in [3.05, 3.63) is 29.6 Å². The minimum Gasteiger partial charge on any atom is -0.338 e. The molecule has 17 heavy (non-hydrogen) atoms. The Morgan fingerprint density at radius 3 is 3.00 bits per heavy atom. The molecule has 0 aliphatic carbocycles. The number of amides is 1. The Hall–Kier alpha value is -1.42. The van der Waals surface area contributed by atoms with Gasteiger partial charge in [-0.1, -0.05) is 6.92 Å². The highest BCUT2D eigenvalue weighted by Crippen LogP contribution is 2.17. The fourth-order valence-electron chi connectivity index (χ4n) is 2.21. The van der Waals surface area contributed by atoms with Crippen molar-refractivity contribution in [3.63, 3.8) is 0 Å². The number of nitrogens with two attached hydrogens (primary N) is 1. The van der Waals surface area contributed by atoms with Crippen molar-refractivity contribution < 1.29 is 4.79 Å². The molecule has 0 saturated carbocycles. The zero-order valence-electron chi connectivity index (χ0n) is 10.4. The molecule has 2 heterocycles. The summed E-state index contributed by atoms with van der Waals surface area (Å²) in [5.74, 6) is 0.463. The third-order valence-corrected chi connectivity index (χ3v) is 3.40. The first-order valence-corrected chi connectivity index (χ1v) is 6.05. The van der Waals surface area contributed by atoms with E-state index in [4.69, 9.17) is 5.73 Å². The molecule has 0 spiro atoms. The first kappa shape index (κ1) is 12.0. The first-order chi connectivity index (χ1) is 8.08. The van der Waals surface area contributed by atoms with Gasteiger partial charge < -0.3 is 10.6 Å². The number of pyridine rings is 1. The second-order valence-electron chi connectivity index (χ2n) is 4.87. The van der Waals surface area contributed by atoms with Crippen LogP contribution in [0.4, 0.5) is 0 Å². The molecule has 1 amide bonds. The van der Waals surface area contributed by atoms with Crippen LogP contribution >= 0.6 is 0 Å². The average molecular weight is 233 g/mol. The van der Waals surface area contributed by atoms with Crippen molar-refractivity contribution in [2.45, 2.75) is 26.3 Å². The van der Waals surface area contributed by atoms with E-state index >= 15 is 0 Å². The molecule has 4 heteroatoms. The molecule has 1 aliphatic rings. The smallest absolute Gasteiger partial charge is 0.253 e. The highest BCUT2D eigenvalue weighted by Gasteiger charge is 2.26. The highest BCUT2D eigenvalue weighted by atomic mass is 16.2. The van der Waals surface area contributed by atoms with Gasteiger partial charge in [-0.2, -0.15) is 0 Å². The molecular formula is C13H19N3O. The Kier molecular flexibility index (Phi) is 3.43. The van der Waals surface area contributed by atoms with E-state index in [2.05, 4.69) is 11.9 Å². The Bertz CT molecular complexity index is 419. The largest absolute Gasteiger partial charge is 0.338 e. The summed E-state index contributed by atoms with van der Waals surface area (Å²) in [6.45, 7) is 5.50. The quantitative estimate of drug-likeness (QED) is 0.793. The van der Waals surface area contributed by atoms with Crippen LogP contribution in [-0.2, 0) is 0 Å². The number of piperidine rings is 1. The minimum absolute atomic E-state index is 0.0919. The van der Waals surface area contributed by atoms with Crippen LogP contribution in [0.3, 0.4) is 0 Å². The molecule has 0 aromatic carbocycles. The maximum absolute atomic E-state index is 12.3. The number of rotatable bonds is 1. The molecule has 1 aromatic heterocycles. The maximum Gasteiger partial charge on any atom is 0.253 e. The fraction of sp³-hybridized carbons (Fsp3) is 0.538. The second kappa shape index (κ2) is 4.84. The number of carbonyl (C=O) groups is 1. The van der Waals surface area contributed by atoms with E-state index < -0.39 is 0 Å². The Balaban J connectivity index is 2.10. The Labute approximate surface area is 102 Å². The second-order valence-corrected chi connectivity index (χ2v) is 4.87. The molecule has 92 valence electrons. The lowest BCUT2D eigenvalue weighted by atomic mass is 9.94. The van der Waals surface area contributed by atoms with Crippen molar-refractivity contribution in [3.8, 4) is 0 Å². The molecule has 0 radical (unpaired) electrons. The zero-order chi connectivity index (χ0) is 12.4. The average Bonchev–Trinajstić information content (AvgIpc) is 2.32. The third-order valence-electron chi connectivity index (χ3n) is 3.40. The molecular weight excluding hydrogens is 214 g/mol. The normalized spacial score (nSPS) is 24.8. The Morgan fingerprint density at radius 1 is 1.59 bits per heavy atom. The molecule has 1 saturated heterocycles. The van der Waals surface area contributed by atoms with E-state index in [9.17, 15) is 4.79 Å². The SMILES string of the molecule is Cc1cc(C(=O)N2CCC(N)C(C)C2)ccn1. The van der Waals surface area contributed by atoms with Gasteiger partial charge in [0.2, 0.25) is 0 Å². The molecule has 1 aliphatic heterocycles. The van der Waals surface area contributed by atoms with E-state index in [1.807, 2.05) is 17.9 Å². The predicted molar refractivity (Wildman–Crippen MR) is 66.6 cm³/mol. The van der Waals surface area contributed by atoms with Crippen molar-refractivity contribution in [2.24, 2.45) is 11.7 Å². The minimum atomic E-state index is 0.0919. The standard InChI is InChI=1S/C13H19N3O/c1-9-8-16(6-4-12(9)14)13(17)11-3-5-15-10(2)7-11/h3,5,7,9,12H,4,6,8,14H2,1-2H3. The number of hydrogen-bond acceptors (Lipinski definition) is 3. The molecule has 2 unspecified atom stereocenters. The summed E-state index contributed by atoms with van der Waals surface area (Å²) < 4.78 is 0. The van der Waals surface area contributed by atoms with Gasteiger partial charge in [-0.05, 0) is 31.4 Å². The lowest BCUT2D eigenvalue weighted by Crippen LogP contribution is -2.48. The van der Waals surface area contributed by atoms with Crippen LogP contribution in [0.25, 0.3) is 0 Å². The van der Waals surface area contributed by atoms with E-state index in [0.717, 1.165) is 30.8 Å². The molecule has 1 aromatic rings. The number of likely N-dealkylation sites (tertiary alicyclic amines) is 1. The topological polar surface area (TPSA) is 59.2 Å². The highest BCUT2D eigenvalue weighted by molar-refractivity contribution is 5.94. The van der Waals surface area contributed by atoms with Crippen LogP contribution in [-0.4, -0.2) is 34.9 Å². The van der Waals surface area contributed by atoms with Gasteiger partial charge in [0.15, 0.2) is 0 Å². The summed E-state index contributed by atoms with van der Waals surface area (Å²) in [5, 5.41) is 0. The summed E-state index contributed by atoms with van der Waals surface area (Å²) in [5.41, 5.74) is 7.55. The van der Waals surface area contributed by atoms with Gasteiger partial charge in [0.25, 0.3) is 5.91 Å². The number of aromatic nitrogens is 1. The summed E-state index contributed by atoms with van der Waals surface area (Å²) in [7, 11) is 0. The van der Waals surface area contributed by atoms with Gasteiger partial charge in [0, 0.05) is 36.6 Å². The van der Waals surface area contributed by atoms with Crippen LogP contribution < -0.4 is 5.73 Å². The van der Waals surface area contributed by atoms with E-state index in [1.54, 1.807) is 12.3 Å². The van der Waals surface area contributed by atoms with Gasteiger partial charge >= 0.3 is 0 Å². The summed E-state index contributed by atoms with van der Waals surface area (Å²) >= 11 is 0. The number of nitrogens with zero attached hydrogens (tertiary/aromatic N) is 2. The summed E-state index contributed by atoms with van der Waals surface area (Å²) in [6, 6.07) is 3.83. The maximum atomic E-state index is 12.3. The first-order valence-electron chi connectivity index (χ1n) is 6.05. The van der Waals surface area contributed by atoms with Crippen molar-refractivity contribution in [1.82, 2.24) is 9.88 Å². The lowest BCUT2D eigenvalue weighted by molar-refractivity contribution is 0.0664. The van der Waals surface area contributed by atoms with E-state index in [-0.39, 0.29) is 11.9 Å². The summed E-state index contributed by atoms with van der Waals surface area (Å²) in [4.78, 5) is 18.3. The lowest BCUT2D eigenvalue weighted by Gasteiger charge is -2.35. The number of carbonyl (C=O) groups excluding carboxylic acids is 1. The molecule has 0 bridgehead atoms. The van der Waals surface area contributed by atoms with Gasteiger partial charge in [-0.3, -0.25) is 9.78 Å².